The van der Waals surface area contributed by atoms with Gasteiger partial charge in [0, 0.05) is 5.38 Å². The van der Waals surface area contributed by atoms with Gasteiger partial charge in [0.1, 0.15) is 29.8 Å². The lowest BCUT2D eigenvalue weighted by Crippen LogP contribution is -2.06. The second kappa shape index (κ2) is 8.23. The fraction of sp³-hybridized carbons (Fsp3) is 0.105. The maximum absolute atomic E-state index is 12.8. The van der Waals surface area contributed by atoms with Gasteiger partial charge in [0.25, 0.3) is 0 Å². The van der Waals surface area contributed by atoms with Crippen LogP contribution in [-0.4, -0.2) is 11.0 Å². The smallest absolute Gasteiger partial charge is 0.338 e. The van der Waals surface area contributed by atoms with Crippen LogP contribution in [0.25, 0.3) is 0 Å². The van der Waals surface area contributed by atoms with Gasteiger partial charge in [0.15, 0.2) is 0 Å². The van der Waals surface area contributed by atoms with Crippen molar-refractivity contribution in [3.63, 3.8) is 0 Å². The third-order valence-corrected chi connectivity index (χ3v) is 4.22. The highest BCUT2D eigenvalue weighted by Gasteiger charge is 2.10. The molecule has 7 heteroatoms. The average Bonchev–Trinajstić information content (AvgIpc) is 3.13. The van der Waals surface area contributed by atoms with E-state index < -0.39 is 5.97 Å². The Morgan fingerprint density at radius 1 is 1.19 bits per heavy atom. The number of carbonyl (C=O) groups excluding carboxylic acids is 1. The van der Waals surface area contributed by atoms with E-state index in [0.29, 0.717) is 27.6 Å². The highest BCUT2D eigenvalue weighted by atomic mass is 32.1. The van der Waals surface area contributed by atoms with Crippen molar-refractivity contribution in [1.82, 2.24) is 4.98 Å². The van der Waals surface area contributed by atoms with Crippen LogP contribution in [0.15, 0.2) is 53.9 Å². The summed E-state index contributed by atoms with van der Waals surface area (Å²) in [6, 6.07) is 14.0. The van der Waals surface area contributed by atoms with Crippen LogP contribution in [0, 0.1) is 17.1 Å². The molecule has 0 amide bonds. The maximum atomic E-state index is 12.8. The molecular formula is C19H13FN2O3S. The van der Waals surface area contributed by atoms with Crippen LogP contribution in [0.3, 0.4) is 0 Å². The van der Waals surface area contributed by atoms with Gasteiger partial charge in [-0.1, -0.05) is 6.07 Å². The fourth-order valence-electron chi connectivity index (χ4n) is 2.10. The average molecular weight is 368 g/mol. The molecule has 0 aliphatic carbocycles. The van der Waals surface area contributed by atoms with Gasteiger partial charge in [-0.2, -0.15) is 5.26 Å². The normalized spacial score (nSPS) is 10.2. The van der Waals surface area contributed by atoms with E-state index in [1.807, 2.05) is 6.07 Å². The van der Waals surface area contributed by atoms with Crippen molar-refractivity contribution in [1.29, 1.82) is 5.26 Å². The Morgan fingerprint density at radius 2 is 2.00 bits per heavy atom. The molecule has 3 aromatic rings. The number of hydrogen-bond acceptors (Lipinski definition) is 6. The molecule has 0 aliphatic rings. The lowest BCUT2D eigenvalue weighted by atomic mass is 10.1. The molecule has 5 nitrogen and oxygen atoms in total. The number of halogens is 1. The van der Waals surface area contributed by atoms with Gasteiger partial charge in [0.2, 0.25) is 0 Å². The van der Waals surface area contributed by atoms with Crippen molar-refractivity contribution in [2.24, 2.45) is 0 Å². The first-order valence-corrected chi connectivity index (χ1v) is 8.51. The van der Waals surface area contributed by atoms with Crippen LogP contribution in [-0.2, 0) is 18.0 Å². The number of nitrogens with zero attached hydrogens (tertiary/aromatic N) is 2. The summed E-state index contributed by atoms with van der Waals surface area (Å²) in [6.45, 7) is 0.275. The highest BCUT2D eigenvalue weighted by Crippen LogP contribution is 2.17. The van der Waals surface area contributed by atoms with Gasteiger partial charge in [-0.05, 0) is 42.5 Å². The molecular weight excluding hydrogens is 355 g/mol. The Morgan fingerprint density at radius 3 is 2.77 bits per heavy atom. The summed E-state index contributed by atoms with van der Waals surface area (Å²) in [5.41, 5.74) is 1.32. The molecule has 0 fully saturated rings. The number of esters is 1. The van der Waals surface area contributed by atoms with Crippen molar-refractivity contribution in [3.8, 4) is 11.8 Å². The van der Waals surface area contributed by atoms with Gasteiger partial charge in [-0.25, -0.2) is 14.2 Å². The molecule has 3 rings (SSSR count). The molecule has 0 spiro atoms. The number of hydrogen-bond donors (Lipinski definition) is 0. The summed E-state index contributed by atoms with van der Waals surface area (Å²) in [6.07, 6.45) is 0. The third-order valence-electron chi connectivity index (χ3n) is 3.35. The van der Waals surface area contributed by atoms with Crippen LogP contribution in [0.5, 0.6) is 5.75 Å². The minimum Gasteiger partial charge on any atom is -0.486 e. The van der Waals surface area contributed by atoms with Crippen molar-refractivity contribution in [2.45, 2.75) is 13.2 Å². The lowest BCUT2D eigenvalue weighted by Gasteiger charge is -2.04. The van der Waals surface area contributed by atoms with E-state index in [-0.39, 0.29) is 19.0 Å². The minimum atomic E-state index is -0.515. The van der Waals surface area contributed by atoms with E-state index >= 15 is 0 Å². The van der Waals surface area contributed by atoms with E-state index in [1.165, 1.54) is 29.5 Å². The molecule has 0 radical (unpaired) electrons. The first kappa shape index (κ1) is 17.6. The van der Waals surface area contributed by atoms with Crippen molar-refractivity contribution < 1.29 is 18.7 Å². The van der Waals surface area contributed by atoms with E-state index in [1.54, 1.807) is 35.7 Å². The van der Waals surface area contributed by atoms with Gasteiger partial charge in [-0.3, -0.25) is 0 Å². The molecule has 0 atom stereocenters. The highest BCUT2D eigenvalue weighted by molar-refractivity contribution is 7.09. The van der Waals surface area contributed by atoms with Crippen molar-refractivity contribution in [3.05, 3.63) is 81.6 Å². The number of benzene rings is 2. The molecule has 2 aromatic carbocycles. The zero-order valence-corrected chi connectivity index (χ0v) is 14.3. The van der Waals surface area contributed by atoms with Gasteiger partial charge in [0.05, 0.1) is 22.9 Å². The van der Waals surface area contributed by atoms with Crippen LogP contribution < -0.4 is 4.74 Å². The van der Waals surface area contributed by atoms with E-state index in [4.69, 9.17) is 14.7 Å². The number of rotatable bonds is 6. The predicted octanol–water partition coefficient (Wildman–Crippen LogP) is 4.09. The van der Waals surface area contributed by atoms with Crippen LogP contribution in [0.2, 0.25) is 0 Å². The zero-order chi connectivity index (χ0) is 18.4. The first-order valence-electron chi connectivity index (χ1n) is 7.63. The third kappa shape index (κ3) is 4.65. The minimum absolute atomic E-state index is 0.0304. The molecule has 130 valence electrons. The Hall–Kier alpha value is -3.24. The standard InChI is InChI=1S/C19H13FN2O3S/c20-15-4-6-17(7-5-15)24-11-18-22-16(12-26-18)10-25-19(23)14-3-1-2-13(8-14)9-21/h1-8,12H,10-11H2. The van der Waals surface area contributed by atoms with Crippen molar-refractivity contribution in [2.75, 3.05) is 0 Å². The topological polar surface area (TPSA) is 72.2 Å². The summed E-state index contributed by atoms with van der Waals surface area (Å²) in [4.78, 5) is 16.4. The van der Waals surface area contributed by atoms with Gasteiger partial charge < -0.3 is 9.47 Å². The molecule has 26 heavy (non-hydrogen) atoms. The van der Waals surface area contributed by atoms with Crippen LogP contribution in [0.4, 0.5) is 4.39 Å². The largest absolute Gasteiger partial charge is 0.486 e. The van der Waals surface area contributed by atoms with Crippen molar-refractivity contribution >= 4 is 17.3 Å². The molecule has 0 saturated carbocycles. The second-order valence-electron chi connectivity index (χ2n) is 5.24. The van der Waals surface area contributed by atoms with Crippen LogP contribution >= 0.6 is 11.3 Å². The number of thiazole rings is 1. The first-order chi connectivity index (χ1) is 12.6. The van der Waals surface area contributed by atoms with E-state index in [9.17, 15) is 9.18 Å². The Balaban J connectivity index is 1.52. The predicted molar refractivity (Wildman–Crippen MR) is 93.1 cm³/mol. The molecule has 0 bridgehead atoms. The molecule has 1 aromatic heterocycles. The molecule has 0 saturated heterocycles. The SMILES string of the molecule is N#Cc1cccc(C(=O)OCc2csc(COc3ccc(F)cc3)n2)c1. The number of ether oxygens (including phenoxy) is 2. The van der Waals surface area contributed by atoms with E-state index in [2.05, 4.69) is 4.98 Å². The Labute approximate surface area is 153 Å². The van der Waals surface area contributed by atoms with Crippen LogP contribution in [0.1, 0.15) is 26.6 Å². The maximum Gasteiger partial charge on any atom is 0.338 e. The second-order valence-corrected chi connectivity index (χ2v) is 6.19. The van der Waals surface area contributed by atoms with E-state index in [0.717, 1.165) is 0 Å². The number of aromatic nitrogens is 1. The monoisotopic (exact) mass is 368 g/mol. The lowest BCUT2D eigenvalue weighted by molar-refractivity contribution is 0.0468. The quantitative estimate of drug-likeness (QED) is 0.613. The molecule has 0 unspecified atom stereocenters. The molecule has 1 heterocycles. The van der Waals surface area contributed by atoms with Gasteiger partial charge >= 0.3 is 5.97 Å². The summed E-state index contributed by atoms with van der Waals surface area (Å²) in [7, 11) is 0. The Kier molecular flexibility index (Phi) is 5.56. The molecule has 0 N–H and O–H groups in total. The number of carbonyl (C=O) groups is 1. The number of nitriles is 1. The van der Waals surface area contributed by atoms with Gasteiger partial charge in [-0.15, -0.1) is 11.3 Å². The summed E-state index contributed by atoms with van der Waals surface area (Å²) >= 11 is 1.38. The summed E-state index contributed by atoms with van der Waals surface area (Å²) in [5.74, 6) is -0.290. The molecule has 0 aliphatic heterocycles. The Bertz CT molecular complexity index is 948. The zero-order valence-electron chi connectivity index (χ0n) is 13.5. The summed E-state index contributed by atoms with van der Waals surface area (Å²) < 4.78 is 23.6. The summed E-state index contributed by atoms with van der Waals surface area (Å²) in [5, 5.41) is 11.4. The fourth-order valence-corrected chi connectivity index (χ4v) is 2.79.